The number of carbonyl (C=O) groups is 4. The fourth-order valence-corrected chi connectivity index (χ4v) is 5.84. The lowest BCUT2D eigenvalue weighted by Crippen LogP contribution is -2.52. The predicted octanol–water partition coefficient (Wildman–Crippen LogP) is 2.92. The molecule has 0 aromatic heterocycles. The van der Waals surface area contributed by atoms with Gasteiger partial charge < -0.3 is 15.5 Å². The highest BCUT2D eigenvalue weighted by Gasteiger charge is 2.40. The second-order valence-corrected chi connectivity index (χ2v) is 10.2. The predicted molar refractivity (Wildman–Crippen MR) is 135 cm³/mol. The number of nitrogens with zero attached hydrogens (tertiary/aromatic N) is 2. The fraction of sp³-hybridized carbons (Fsp3) is 0.429. The summed E-state index contributed by atoms with van der Waals surface area (Å²) in [7, 11) is 0. The first-order valence-electron chi connectivity index (χ1n) is 12.9. The zero-order chi connectivity index (χ0) is 26.1. The molecule has 1 unspecified atom stereocenters. The van der Waals surface area contributed by atoms with E-state index in [2.05, 4.69) is 10.2 Å². The van der Waals surface area contributed by atoms with Crippen LogP contribution in [0.15, 0.2) is 36.4 Å². The Morgan fingerprint density at radius 1 is 1.08 bits per heavy atom. The lowest BCUT2D eigenvalue weighted by Gasteiger charge is -2.35. The molecule has 2 saturated heterocycles. The van der Waals surface area contributed by atoms with Crippen molar-refractivity contribution >= 4 is 29.3 Å². The summed E-state index contributed by atoms with van der Waals surface area (Å²) in [5.41, 5.74) is 8.60. The Kier molecular flexibility index (Phi) is 6.95. The zero-order valence-corrected chi connectivity index (χ0v) is 20.7. The summed E-state index contributed by atoms with van der Waals surface area (Å²) in [6, 6.07) is 9.77. The molecule has 0 aliphatic carbocycles. The number of nitrogens with one attached hydrogen (secondary N) is 1. The summed E-state index contributed by atoms with van der Waals surface area (Å²) in [6.07, 6.45) is 5.39. The van der Waals surface area contributed by atoms with Crippen LogP contribution in [0.5, 0.6) is 0 Å². The molecule has 3 heterocycles. The molecule has 37 heavy (non-hydrogen) atoms. The van der Waals surface area contributed by atoms with Gasteiger partial charge in [0.1, 0.15) is 11.9 Å². The standard InChI is InChI=1S/C28H31FN4O4/c29-22-15-18(7-8-20(22)26(30)35)4-1-3-17-11-13-32(14-12-17)23-6-2-5-19-21(23)16-33(28(19)37)24-9-10-25(34)31-27(24)36/h2,5-8,15,17,24H,1,3-4,9-14,16H2,(H2,30,35)(H,31,34,36). The van der Waals surface area contributed by atoms with Crippen molar-refractivity contribution in [2.24, 2.45) is 11.7 Å². The van der Waals surface area contributed by atoms with Crippen molar-refractivity contribution in [2.45, 2.75) is 57.5 Å². The molecule has 194 valence electrons. The summed E-state index contributed by atoms with van der Waals surface area (Å²) in [5, 5.41) is 2.35. The van der Waals surface area contributed by atoms with Gasteiger partial charge in [0, 0.05) is 42.9 Å². The highest BCUT2D eigenvalue weighted by molar-refractivity contribution is 6.06. The van der Waals surface area contributed by atoms with Crippen molar-refractivity contribution in [3.8, 4) is 0 Å². The van der Waals surface area contributed by atoms with E-state index in [9.17, 15) is 23.6 Å². The molecule has 0 bridgehead atoms. The smallest absolute Gasteiger partial charge is 0.255 e. The minimum atomic E-state index is -0.757. The molecular weight excluding hydrogens is 475 g/mol. The lowest BCUT2D eigenvalue weighted by molar-refractivity contribution is -0.136. The average Bonchev–Trinajstić information content (AvgIpc) is 3.20. The summed E-state index contributed by atoms with van der Waals surface area (Å²) < 4.78 is 14.0. The molecule has 4 amide bonds. The summed E-state index contributed by atoms with van der Waals surface area (Å²) in [5.74, 6) is -1.59. The second kappa shape index (κ2) is 10.3. The van der Waals surface area contributed by atoms with E-state index in [1.54, 1.807) is 11.0 Å². The Bertz CT molecular complexity index is 1250. The Labute approximate surface area is 215 Å². The largest absolute Gasteiger partial charge is 0.371 e. The van der Waals surface area contributed by atoms with Crippen molar-refractivity contribution in [1.82, 2.24) is 10.2 Å². The molecule has 0 spiro atoms. The van der Waals surface area contributed by atoms with Crippen LogP contribution in [0, 0.1) is 11.7 Å². The second-order valence-electron chi connectivity index (χ2n) is 10.2. The monoisotopic (exact) mass is 506 g/mol. The Morgan fingerprint density at radius 2 is 1.86 bits per heavy atom. The molecule has 2 fully saturated rings. The lowest BCUT2D eigenvalue weighted by atomic mass is 9.90. The third kappa shape index (κ3) is 5.08. The number of nitrogens with two attached hydrogens (primary N) is 1. The third-order valence-corrected chi connectivity index (χ3v) is 7.89. The van der Waals surface area contributed by atoms with Crippen molar-refractivity contribution in [3.05, 3.63) is 64.5 Å². The van der Waals surface area contributed by atoms with Crippen LogP contribution in [0.3, 0.4) is 0 Å². The molecule has 5 rings (SSSR count). The van der Waals surface area contributed by atoms with Crippen LogP contribution in [0.2, 0.25) is 0 Å². The van der Waals surface area contributed by atoms with E-state index in [1.165, 1.54) is 12.1 Å². The topological polar surface area (TPSA) is 113 Å². The van der Waals surface area contributed by atoms with E-state index in [-0.39, 0.29) is 23.8 Å². The number of halogens is 1. The number of hydrogen-bond acceptors (Lipinski definition) is 5. The van der Waals surface area contributed by atoms with Crippen molar-refractivity contribution < 1.29 is 23.6 Å². The molecule has 2 aromatic carbocycles. The number of primary amides is 1. The van der Waals surface area contributed by atoms with Gasteiger partial charge >= 0.3 is 0 Å². The van der Waals surface area contributed by atoms with Gasteiger partial charge in [-0.15, -0.1) is 0 Å². The minimum absolute atomic E-state index is 0.0783. The first kappa shape index (κ1) is 24.9. The highest BCUT2D eigenvalue weighted by Crippen LogP contribution is 2.36. The van der Waals surface area contributed by atoms with Gasteiger partial charge in [-0.25, -0.2) is 4.39 Å². The van der Waals surface area contributed by atoms with Gasteiger partial charge in [-0.05, 0) is 74.3 Å². The highest BCUT2D eigenvalue weighted by atomic mass is 19.1. The number of anilines is 1. The van der Waals surface area contributed by atoms with E-state index < -0.39 is 23.7 Å². The number of carbonyl (C=O) groups excluding carboxylic acids is 4. The van der Waals surface area contributed by atoms with E-state index in [0.29, 0.717) is 24.4 Å². The van der Waals surface area contributed by atoms with Gasteiger partial charge in [0.15, 0.2) is 0 Å². The van der Waals surface area contributed by atoms with E-state index in [0.717, 1.165) is 62.0 Å². The first-order valence-corrected chi connectivity index (χ1v) is 12.9. The molecule has 3 N–H and O–H groups in total. The number of fused-ring (bicyclic) bond motifs is 1. The number of piperidine rings is 2. The number of imide groups is 1. The molecular formula is C28H31FN4O4. The Hall–Kier alpha value is -3.75. The van der Waals surface area contributed by atoms with Gasteiger partial charge in [-0.1, -0.05) is 12.1 Å². The normalized spacial score (nSPS) is 20.2. The van der Waals surface area contributed by atoms with Crippen molar-refractivity contribution in [1.29, 1.82) is 0 Å². The quantitative estimate of drug-likeness (QED) is 0.561. The van der Waals surface area contributed by atoms with Gasteiger partial charge in [-0.3, -0.25) is 24.5 Å². The van der Waals surface area contributed by atoms with Gasteiger partial charge in [0.05, 0.1) is 5.56 Å². The summed E-state index contributed by atoms with van der Waals surface area (Å²) in [6.45, 7) is 2.15. The SMILES string of the molecule is NC(=O)c1ccc(CCCC2CCN(c3cccc4c3CN(C3CCC(=O)NC3=O)C4=O)CC2)cc1F. The average molecular weight is 507 g/mol. The van der Waals surface area contributed by atoms with Crippen LogP contribution in [-0.2, 0) is 22.6 Å². The van der Waals surface area contributed by atoms with Crippen LogP contribution in [0.1, 0.15) is 70.4 Å². The molecule has 0 radical (unpaired) electrons. The summed E-state index contributed by atoms with van der Waals surface area (Å²) >= 11 is 0. The van der Waals surface area contributed by atoms with Crippen LogP contribution >= 0.6 is 0 Å². The fourth-order valence-electron chi connectivity index (χ4n) is 5.84. The van der Waals surface area contributed by atoms with E-state index in [1.807, 2.05) is 18.2 Å². The zero-order valence-electron chi connectivity index (χ0n) is 20.7. The molecule has 9 heteroatoms. The van der Waals surface area contributed by atoms with Crippen molar-refractivity contribution in [3.63, 3.8) is 0 Å². The van der Waals surface area contributed by atoms with E-state index >= 15 is 0 Å². The molecule has 3 aliphatic heterocycles. The van der Waals surface area contributed by atoms with Gasteiger partial charge in [-0.2, -0.15) is 0 Å². The number of hydrogen-bond donors (Lipinski definition) is 2. The number of amides is 4. The number of aryl methyl sites for hydroxylation is 1. The van der Waals surface area contributed by atoms with Gasteiger partial charge in [0.25, 0.3) is 11.8 Å². The van der Waals surface area contributed by atoms with Crippen LogP contribution < -0.4 is 16.0 Å². The van der Waals surface area contributed by atoms with Crippen LogP contribution in [-0.4, -0.2) is 47.7 Å². The maximum Gasteiger partial charge on any atom is 0.255 e. The van der Waals surface area contributed by atoms with Crippen LogP contribution in [0.4, 0.5) is 10.1 Å². The molecule has 3 aliphatic rings. The molecule has 2 aromatic rings. The van der Waals surface area contributed by atoms with Crippen LogP contribution in [0.25, 0.3) is 0 Å². The third-order valence-electron chi connectivity index (χ3n) is 7.89. The van der Waals surface area contributed by atoms with Crippen molar-refractivity contribution in [2.75, 3.05) is 18.0 Å². The Balaban J connectivity index is 1.16. The van der Waals surface area contributed by atoms with E-state index in [4.69, 9.17) is 5.73 Å². The molecule has 1 atom stereocenters. The minimum Gasteiger partial charge on any atom is -0.371 e. The number of rotatable bonds is 7. The first-order chi connectivity index (χ1) is 17.8. The maximum absolute atomic E-state index is 14.0. The molecule has 8 nitrogen and oxygen atoms in total. The maximum atomic E-state index is 14.0. The Morgan fingerprint density at radius 3 is 2.57 bits per heavy atom. The number of benzene rings is 2. The van der Waals surface area contributed by atoms with Gasteiger partial charge in [0.2, 0.25) is 11.8 Å². The molecule has 0 saturated carbocycles. The summed E-state index contributed by atoms with van der Waals surface area (Å²) in [4.78, 5) is 52.2.